The molecule has 2 fully saturated rings. The van der Waals surface area contributed by atoms with Gasteiger partial charge in [-0.15, -0.1) is 0 Å². The first kappa shape index (κ1) is 23.1. The molecule has 0 aromatic heterocycles. The Hall–Kier alpha value is -2.56. The van der Waals surface area contributed by atoms with Crippen molar-refractivity contribution in [3.63, 3.8) is 0 Å². The van der Waals surface area contributed by atoms with Crippen molar-refractivity contribution < 1.29 is 19.2 Å². The minimum absolute atomic E-state index is 0.0551. The summed E-state index contributed by atoms with van der Waals surface area (Å²) < 4.78 is 4.99. The molecule has 10 heteroatoms. The molecule has 1 aromatic carbocycles. The Labute approximate surface area is 181 Å². The number of nitro groups is 1. The summed E-state index contributed by atoms with van der Waals surface area (Å²) in [6.07, 6.45) is 3.49. The number of benzene rings is 1. The quantitative estimate of drug-likeness (QED) is 0.409. The van der Waals surface area contributed by atoms with E-state index >= 15 is 0 Å². The van der Waals surface area contributed by atoms with E-state index in [2.05, 4.69) is 10.2 Å². The number of rotatable bonds is 10. The average molecular weight is 434 g/mol. The van der Waals surface area contributed by atoms with Crippen LogP contribution in [0, 0.1) is 10.1 Å². The van der Waals surface area contributed by atoms with E-state index < -0.39 is 11.0 Å². The molecule has 31 heavy (non-hydrogen) atoms. The fraction of sp³-hybridized carbons (Fsp3) is 0.619. The van der Waals surface area contributed by atoms with E-state index in [-0.39, 0.29) is 30.2 Å². The van der Waals surface area contributed by atoms with Crippen molar-refractivity contribution in [2.24, 2.45) is 5.73 Å². The number of likely N-dealkylation sites (tertiary alicyclic amines) is 1. The molecule has 2 atom stereocenters. The third-order valence-corrected chi connectivity index (χ3v) is 5.91. The van der Waals surface area contributed by atoms with Gasteiger partial charge in [0.25, 0.3) is 5.69 Å². The maximum Gasteiger partial charge on any atom is 0.269 e. The Morgan fingerprint density at radius 1 is 1.26 bits per heavy atom. The molecule has 0 spiro atoms. The zero-order valence-corrected chi connectivity index (χ0v) is 17.9. The Morgan fingerprint density at radius 2 is 1.97 bits per heavy atom. The van der Waals surface area contributed by atoms with Crippen molar-refractivity contribution in [3.8, 4) is 0 Å². The van der Waals surface area contributed by atoms with E-state index in [0.717, 1.165) is 24.8 Å². The lowest BCUT2D eigenvalue weighted by Crippen LogP contribution is -2.58. The predicted octanol–water partition coefficient (Wildman–Crippen LogP) is 0.640. The van der Waals surface area contributed by atoms with Crippen LogP contribution in [0.1, 0.15) is 31.2 Å². The van der Waals surface area contributed by atoms with Crippen LogP contribution < -0.4 is 11.1 Å². The minimum Gasteiger partial charge on any atom is -0.375 e. The van der Waals surface area contributed by atoms with Gasteiger partial charge in [-0.2, -0.15) is 0 Å². The molecule has 1 saturated carbocycles. The standard InChI is InChI=1S/C21H31N5O5/c1-31-14-20(27)24-11-8-18(12-19(24)21(28)23-10-9-22)25(16-6-7-16)13-15-2-4-17(5-3-15)26(29)30/h2-5,16,18-19H,6-14,22H2,1H3,(H,23,28)/t18?,19-/m1/s1. The third-order valence-electron chi connectivity index (χ3n) is 5.91. The number of hydrogen-bond donors (Lipinski definition) is 2. The summed E-state index contributed by atoms with van der Waals surface area (Å²) in [6, 6.07) is 6.64. The highest BCUT2D eigenvalue weighted by Gasteiger charge is 2.41. The van der Waals surface area contributed by atoms with Crippen molar-refractivity contribution >= 4 is 17.5 Å². The highest BCUT2D eigenvalue weighted by molar-refractivity contribution is 5.88. The monoisotopic (exact) mass is 433 g/mol. The Bertz CT molecular complexity index is 783. The summed E-state index contributed by atoms with van der Waals surface area (Å²) in [5.41, 5.74) is 6.59. The molecule has 1 saturated heterocycles. The van der Waals surface area contributed by atoms with Gasteiger partial charge >= 0.3 is 0 Å². The van der Waals surface area contributed by atoms with Crippen molar-refractivity contribution in [2.45, 2.75) is 50.4 Å². The fourth-order valence-electron chi connectivity index (χ4n) is 4.21. The highest BCUT2D eigenvalue weighted by Crippen LogP contribution is 2.35. The lowest BCUT2D eigenvalue weighted by atomic mass is 9.94. The van der Waals surface area contributed by atoms with Crippen LogP contribution in [0.15, 0.2) is 24.3 Å². The summed E-state index contributed by atoms with van der Waals surface area (Å²) in [5.74, 6) is -0.382. The maximum absolute atomic E-state index is 12.8. The molecule has 2 amide bonds. The number of nitrogens with two attached hydrogens (primary N) is 1. The van der Waals surface area contributed by atoms with Crippen molar-refractivity contribution in [1.82, 2.24) is 15.1 Å². The number of ether oxygens (including phenoxy) is 1. The second kappa shape index (κ2) is 10.7. The second-order valence-corrected chi connectivity index (χ2v) is 8.12. The van der Waals surface area contributed by atoms with Gasteiger partial charge in [-0.3, -0.25) is 24.6 Å². The molecule has 10 nitrogen and oxygen atoms in total. The molecular formula is C21H31N5O5. The molecular weight excluding hydrogens is 402 g/mol. The lowest BCUT2D eigenvalue weighted by molar-refractivity contribution is -0.384. The molecule has 1 aromatic rings. The van der Waals surface area contributed by atoms with Gasteiger partial charge < -0.3 is 20.7 Å². The SMILES string of the molecule is COCC(=O)N1CCC(N(Cc2ccc([N+](=O)[O-])cc2)C2CC2)C[C@@H]1C(=O)NCCN. The number of carbonyl (C=O) groups excluding carboxylic acids is 2. The van der Waals surface area contributed by atoms with Crippen LogP contribution >= 0.6 is 0 Å². The molecule has 1 aliphatic carbocycles. The van der Waals surface area contributed by atoms with Gasteiger partial charge in [-0.1, -0.05) is 12.1 Å². The first-order valence-electron chi connectivity index (χ1n) is 10.7. The number of hydrogen-bond acceptors (Lipinski definition) is 7. The topological polar surface area (TPSA) is 131 Å². The number of non-ortho nitro benzene ring substituents is 1. The average Bonchev–Trinajstić information content (AvgIpc) is 3.61. The van der Waals surface area contributed by atoms with Crippen LogP contribution in [-0.2, 0) is 20.9 Å². The van der Waals surface area contributed by atoms with E-state index in [1.165, 1.54) is 19.2 Å². The Balaban J connectivity index is 1.73. The van der Waals surface area contributed by atoms with Crippen LogP contribution in [0.3, 0.4) is 0 Å². The van der Waals surface area contributed by atoms with Gasteiger partial charge in [-0.25, -0.2) is 0 Å². The van der Waals surface area contributed by atoms with Crippen molar-refractivity contribution in [2.75, 3.05) is 33.4 Å². The number of nitrogens with one attached hydrogen (secondary N) is 1. The summed E-state index contributed by atoms with van der Waals surface area (Å²) in [7, 11) is 1.47. The van der Waals surface area contributed by atoms with Crippen LogP contribution in [0.25, 0.3) is 0 Å². The number of methoxy groups -OCH3 is 1. The Morgan fingerprint density at radius 3 is 2.55 bits per heavy atom. The van der Waals surface area contributed by atoms with Gasteiger partial charge in [0.1, 0.15) is 12.6 Å². The summed E-state index contributed by atoms with van der Waals surface area (Å²) in [4.78, 5) is 39.8. The second-order valence-electron chi connectivity index (χ2n) is 8.12. The van der Waals surface area contributed by atoms with Gasteiger partial charge in [0, 0.05) is 57.5 Å². The van der Waals surface area contributed by atoms with Crippen LogP contribution in [0.2, 0.25) is 0 Å². The Kier molecular flexibility index (Phi) is 7.94. The molecule has 3 N–H and O–H groups in total. The number of carbonyl (C=O) groups is 2. The number of nitrogens with zero attached hydrogens (tertiary/aromatic N) is 3. The predicted molar refractivity (Wildman–Crippen MR) is 114 cm³/mol. The maximum atomic E-state index is 12.8. The van der Waals surface area contributed by atoms with Gasteiger partial charge in [0.05, 0.1) is 4.92 Å². The highest BCUT2D eigenvalue weighted by atomic mass is 16.6. The lowest BCUT2D eigenvalue weighted by Gasteiger charge is -2.43. The van der Waals surface area contributed by atoms with Crippen LogP contribution in [-0.4, -0.2) is 78.0 Å². The van der Waals surface area contributed by atoms with E-state index in [1.54, 1.807) is 17.0 Å². The summed E-state index contributed by atoms with van der Waals surface area (Å²) in [6.45, 7) is 1.79. The van der Waals surface area contributed by atoms with Crippen molar-refractivity contribution in [1.29, 1.82) is 0 Å². The fourth-order valence-corrected chi connectivity index (χ4v) is 4.21. The van der Waals surface area contributed by atoms with Crippen LogP contribution in [0.4, 0.5) is 5.69 Å². The molecule has 1 heterocycles. The smallest absolute Gasteiger partial charge is 0.269 e. The van der Waals surface area contributed by atoms with Gasteiger partial charge in [0.2, 0.25) is 11.8 Å². The van der Waals surface area contributed by atoms with E-state index in [0.29, 0.717) is 38.6 Å². The van der Waals surface area contributed by atoms with E-state index in [4.69, 9.17) is 10.5 Å². The molecule has 1 unspecified atom stereocenters. The summed E-state index contributed by atoms with van der Waals surface area (Å²) >= 11 is 0. The van der Waals surface area contributed by atoms with E-state index in [1.807, 2.05) is 0 Å². The van der Waals surface area contributed by atoms with E-state index in [9.17, 15) is 19.7 Å². The largest absolute Gasteiger partial charge is 0.375 e. The van der Waals surface area contributed by atoms with Crippen molar-refractivity contribution in [3.05, 3.63) is 39.9 Å². The number of amides is 2. The molecule has 170 valence electrons. The van der Waals surface area contributed by atoms with Gasteiger partial charge in [0.15, 0.2) is 0 Å². The zero-order chi connectivity index (χ0) is 22.4. The minimum atomic E-state index is -0.564. The van der Waals surface area contributed by atoms with Crippen LogP contribution in [0.5, 0.6) is 0 Å². The molecule has 0 bridgehead atoms. The third kappa shape index (κ3) is 5.99. The first-order chi connectivity index (χ1) is 14.9. The zero-order valence-electron chi connectivity index (χ0n) is 17.9. The molecule has 1 aliphatic heterocycles. The molecule has 2 aliphatic rings. The summed E-state index contributed by atoms with van der Waals surface area (Å²) in [5, 5.41) is 13.7. The number of piperidine rings is 1. The number of nitro benzene ring substituents is 1. The normalized spacial score (nSPS) is 21.2. The first-order valence-corrected chi connectivity index (χ1v) is 10.7. The molecule has 3 rings (SSSR count). The molecule has 0 radical (unpaired) electrons. The van der Waals surface area contributed by atoms with Gasteiger partial charge in [-0.05, 0) is 31.2 Å².